The van der Waals surface area contributed by atoms with E-state index < -0.39 is 29.5 Å². The first-order chi connectivity index (χ1) is 23.4. The fourth-order valence-corrected chi connectivity index (χ4v) is 4.65. The molecule has 0 fully saturated rings. The molecule has 0 aliphatic carbocycles. The molecular weight excluding hydrogens is 654 g/mol. The van der Waals surface area contributed by atoms with Crippen molar-refractivity contribution in [1.82, 2.24) is 16.0 Å². The number of carbonyl (C=O) groups excluding carboxylic acids is 4. The van der Waals surface area contributed by atoms with Gasteiger partial charge in [-0.25, -0.2) is 9.59 Å². The Morgan fingerprint density at radius 1 is 0.653 bits per heavy atom. The van der Waals surface area contributed by atoms with Crippen molar-refractivity contribution < 1.29 is 43.3 Å². The maximum Gasteiger partial charge on any atom is 0.338 e. The third-order valence-corrected chi connectivity index (χ3v) is 7.34. The first-order valence-corrected chi connectivity index (χ1v) is 17.2. The van der Waals surface area contributed by atoms with E-state index in [-0.39, 0.29) is 29.4 Å². The number of esters is 1. The lowest BCUT2D eigenvalue weighted by Crippen LogP contribution is -2.40. The number of ether oxygens (including phenoxy) is 3. The Morgan fingerprint density at radius 2 is 1.16 bits per heavy atom. The molecule has 0 spiro atoms. The minimum atomic E-state index is -1.18. The Bertz CT molecular complexity index is 1330. The van der Waals surface area contributed by atoms with Crippen LogP contribution in [0.25, 0.3) is 0 Å². The third kappa shape index (κ3) is 17.3. The molecule has 2 aromatic carbocycles. The van der Waals surface area contributed by atoms with Crippen LogP contribution in [0.2, 0.25) is 0 Å². The van der Waals surface area contributed by atoms with Crippen LogP contribution in [0.15, 0.2) is 48.5 Å². The summed E-state index contributed by atoms with van der Waals surface area (Å²) in [5.74, 6) is -2.18. The number of unbranched alkanes of at least 4 members (excludes halogenated alkanes) is 4. The van der Waals surface area contributed by atoms with Gasteiger partial charge in [0.05, 0.1) is 25.4 Å². The Balaban J connectivity index is 1.63. The molecule has 2 rings (SSSR count). The molecule has 1 unspecified atom stereocenters. The molecule has 0 bridgehead atoms. The van der Waals surface area contributed by atoms with Crippen molar-refractivity contribution in [2.75, 3.05) is 45.4 Å². The van der Waals surface area contributed by atoms with E-state index in [1.165, 1.54) is 24.3 Å². The van der Waals surface area contributed by atoms with E-state index in [0.29, 0.717) is 69.4 Å². The number of amides is 3. The highest BCUT2D eigenvalue weighted by Gasteiger charge is 2.22. The van der Waals surface area contributed by atoms with Crippen LogP contribution < -0.4 is 16.0 Å². The van der Waals surface area contributed by atoms with E-state index in [0.717, 1.165) is 25.7 Å². The molecule has 1 atom stereocenters. The van der Waals surface area contributed by atoms with Crippen LogP contribution in [-0.2, 0) is 19.0 Å². The Morgan fingerprint density at radius 3 is 1.71 bits per heavy atom. The normalized spacial score (nSPS) is 11.8. The van der Waals surface area contributed by atoms with Crippen molar-refractivity contribution in [2.24, 2.45) is 0 Å². The van der Waals surface area contributed by atoms with Crippen LogP contribution in [0.1, 0.15) is 107 Å². The predicted molar refractivity (Wildman–Crippen MR) is 186 cm³/mol. The van der Waals surface area contributed by atoms with Crippen LogP contribution in [0, 0.1) is 0 Å². The number of hydrogen-bond acceptors (Lipinski definition) is 8. The zero-order valence-corrected chi connectivity index (χ0v) is 29.4. The number of aliphatic carboxylic acids is 1. The van der Waals surface area contributed by atoms with E-state index in [1.807, 2.05) is 0 Å². The van der Waals surface area contributed by atoms with Crippen LogP contribution in [0.5, 0.6) is 0 Å². The Labute approximate surface area is 293 Å². The summed E-state index contributed by atoms with van der Waals surface area (Å²) in [5, 5.41) is 17.7. The maximum atomic E-state index is 12.6. The minimum absolute atomic E-state index is 0.158. The molecule has 3 amide bonds. The van der Waals surface area contributed by atoms with Gasteiger partial charge in [0.1, 0.15) is 11.6 Å². The van der Waals surface area contributed by atoms with E-state index in [1.54, 1.807) is 45.0 Å². The van der Waals surface area contributed by atoms with Crippen LogP contribution in [-0.4, -0.2) is 91.8 Å². The molecule has 0 saturated carbocycles. The number of nitrogens with one attached hydrogen (secondary N) is 3. The van der Waals surface area contributed by atoms with Gasteiger partial charge in [-0.15, -0.1) is 11.6 Å². The number of carboxylic acid groups (broad SMARTS) is 1. The summed E-state index contributed by atoms with van der Waals surface area (Å²) in [4.78, 5) is 61.5. The fourth-order valence-electron chi connectivity index (χ4n) is 4.46. The molecule has 0 heterocycles. The number of halogens is 1. The number of carboxylic acids is 1. The van der Waals surface area contributed by atoms with Crippen molar-refractivity contribution in [3.05, 3.63) is 70.8 Å². The molecule has 0 aliphatic heterocycles. The minimum Gasteiger partial charge on any atom is -0.480 e. The summed E-state index contributed by atoms with van der Waals surface area (Å²) in [6.45, 7) is 7.90. The maximum absolute atomic E-state index is 12.6. The van der Waals surface area contributed by atoms with E-state index in [2.05, 4.69) is 16.0 Å². The van der Waals surface area contributed by atoms with Gasteiger partial charge < -0.3 is 35.3 Å². The second-order valence-electron chi connectivity index (χ2n) is 12.4. The molecule has 0 radical (unpaired) electrons. The molecule has 13 heteroatoms. The van der Waals surface area contributed by atoms with Crippen LogP contribution in [0.3, 0.4) is 0 Å². The topological polar surface area (TPSA) is 169 Å². The largest absolute Gasteiger partial charge is 0.480 e. The molecule has 4 N–H and O–H groups in total. The average Bonchev–Trinajstić information content (AvgIpc) is 3.07. The Hall–Kier alpha value is -4.00. The molecule has 0 aromatic heterocycles. The van der Waals surface area contributed by atoms with Crippen molar-refractivity contribution in [2.45, 2.75) is 77.4 Å². The molecule has 2 aromatic rings. The van der Waals surface area contributed by atoms with E-state index in [4.69, 9.17) is 25.8 Å². The standard InChI is InChI=1S/C36H50ClN3O9/c1-36(2,3)49-35(46)29-17-15-28(16-18-29)33(43)40-30(34(44)45)10-6-8-20-38-31(41)26-11-13-27(14-12-26)32(42)39-21-23-48-25-24-47-22-9-5-4-7-19-37/h11-18,30H,4-10,19-25H2,1-3H3,(H,38,41)(H,39,42)(H,40,43)(H,44,45). The predicted octanol–water partition coefficient (Wildman–Crippen LogP) is 4.99. The van der Waals surface area contributed by atoms with Crippen molar-refractivity contribution in [3.8, 4) is 0 Å². The van der Waals surface area contributed by atoms with Crippen LogP contribution in [0.4, 0.5) is 0 Å². The molecule has 270 valence electrons. The second kappa shape index (κ2) is 22.6. The van der Waals surface area contributed by atoms with Gasteiger partial charge in [-0.05, 0) is 101 Å². The number of carbonyl (C=O) groups is 5. The highest BCUT2D eigenvalue weighted by molar-refractivity contribution is 6.17. The lowest BCUT2D eigenvalue weighted by atomic mass is 10.1. The van der Waals surface area contributed by atoms with Crippen molar-refractivity contribution >= 4 is 41.3 Å². The first kappa shape index (κ1) is 41.2. The van der Waals surface area contributed by atoms with Gasteiger partial charge in [0.15, 0.2) is 0 Å². The quantitative estimate of drug-likeness (QED) is 0.0708. The summed E-state index contributed by atoms with van der Waals surface area (Å²) in [5.41, 5.74) is 0.621. The zero-order chi connectivity index (χ0) is 36.1. The lowest BCUT2D eigenvalue weighted by molar-refractivity contribution is -0.139. The summed E-state index contributed by atoms with van der Waals surface area (Å²) >= 11 is 5.65. The third-order valence-electron chi connectivity index (χ3n) is 7.08. The zero-order valence-electron chi connectivity index (χ0n) is 28.7. The van der Waals surface area contributed by atoms with Gasteiger partial charge in [-0.3, -0.25) is 14.4 Å². The second-order valence-corrected chi connectivity index (χ2v) is 12.7. The summed E-state index contributed by atoms with van der Waals surface area (Å²) in [6, 6.07) is 10.9. The summed E-state index contributed by atoms with van der Waals surface area (Å²) in [6.07, 6.45) is 5.32. The average molecular weight is 704 g/mol. The summed E-state index contributed by atoms with van der Waals surface area (Å²) in [7, 11) is 0. The highest BCUT2D eigenvalue weighted by Crippen LogP contribution is 2.14. The van der Waals surface area contributed by atoms with Gasteiger partial charge >= 0.3 is 11.9 Å². The van der Waals surface area contributed by atoms with Crippen molar-refractivity contribution in [1.29, 1.82) is 0 Å². The number of alkyl halides is 1. The van der Waals surface area contributed by atoms with Gasteiger partial charge in [0, 0.05) is 42.3 Å². The fraction of sp³-hybridized carbons (Fsp3) is 0.528. The molecule has 49 heavy (non-hydrogen) atoms. The molecule has 0 aliphatic rings. The van der Waals surface area contributed by atoms with Gasteiger partial charge in [-0.2, -0.15) is 0 Å². The van der Waals surface area contributed by atoms with Gasteiger partial charge in [0.2, 0.25) is 0 Å². The lowest BCUT2D eigenvalue weighted by Gasteiger charge is -2.19. The monoisotopic (exact) mass is 703 g/mol. The Kier molecular flexibility index (Phi) is 19.0. The number of rotatable bonds is 23. The number of benzene rings is 2. The van der Waals surface area contributed by atoms with Gasteiger partial charge in [0.25, 0.3) is 17.7 Å². The molecule has 12 nitrogen and oxygen atoms in total. The van der Waals surface area contributed by atoms with Gasteiger partial charge in [-0.1, -0.05) is 12.8 Å². The highest BCUT2D eigenvalue weighted by atomic mass is 35.5. The number of hydrogen-bond donors (Lipinski definition) is 4. The van der Waals surface area contributed by atoms with E-state index in [9.17, 15) is 29.1 Å². The molecular formula is C36H50ClN3O9. The van der Waals surface area contributed by atoms with Crippen LogP contribution >= 0.6 is 11.6 Å². The SMILES string of the molecule is CC(C)(C)OC(=O)c1ccc(C(=O)NC(CCCCNC(=O)c2ccc(C(=O)NCCOCCOCCCCCCCl)cc2)C(=O)O)cc1. The summed E-state index contributed by atoms with van der Waals surface area (Å²) < 4.78 is 16.3. The first-order valence-electron chi connectivity index (χ1n) is 16.7. The molecule has 0 saturated heterocycles. The smallest absolute Gasteiger partial charge is 0.338 e. The van der Waals surface area contributed by atoms with E-state index >= 15 is 0 Å². The van der Waals surface area contributed by atoms with Crippen molar-refractivity contribution in [3.63, 3.8) is 0 Å².